The van der Waals surface area contributed by atoms with Gasteiger partial charge in [-0.05, 0) is 50.0 Å². The van der Waals surface area contributed by atoms with Crippen molar-refractivity contribution in [3.8, 4) is 0 Å². The van der Waals surface area contributed by atoms with Crippen molar-refractivity contribution in [3.63, 3.8) is 0 Å². The van der Waals surface area contributed by atoms with Crippen LogP contribution in [0.4, 0.5) is 0 Å². The second-order valence-electron chi connectivity index (χ2n) is 9.74. The lowest BCUT2D eigenvalue weighted by Gasteiger charge is -2.15. The maximum absolute atomic E-state index is 11.9. The van der Waals surface area contributed by atoms with Gasteiger partial charge in [0, 0.05) is 6.42 Å². The van der Waals surface area contributed by atoms with Crippen LogP contribution in [-0.2, 0) is 4.79 Å². The van der Waals surface area contributed by atoms with Crippen LogP contribution in [0.5, 0.6) is 0 Å². The number of aliphatic hydroxyl groups excluding tert-OH is 1. The van der Waals surface area contributed by atoms with E-state index in [1.54, 1.807) is 6.08 Å². The summed E-state index contributed by atoms with van der Waals surface area (Å²) in [6, 6.07) is 0. The molecule has 0 saturated carbocycles. The third-order valence-electron chi connectivity index (χ3n) is 5.94. The second kappa shape index (κ2) is 17.2. The summed E-state index contributed by atoms with van der Waals surface area (Å²) in [5.74, 6) is 2.46. The van der Waals surface area contributed by atoms with Crippen LogP contribution < -0.4 is 0 Å². The number of carbonyl (C=O) groups is 1. The molecule has 0 aromatic rings. The Kier molecular flexibility index (Phi) is 16.9. The summed E-state index contributed by atoms with van der Waals surface area (Å²) >= 11 is 0. The molecule has 3 atom stereocenters. The summed E-state index contributed by atoms with van der Waals surface area (Å²) in [5, 5.41) is 10.0. The van der Waals surface area contributed by atoms with E-state index in [0.717, 1.165) is 55.4 Å². The van der Waals surface area contributed by atoms with Gasteiger partial charge in [-0.2, -0.15) is 0 Å². The van der Waals surface area contributed by atoms with Crippen LogP contribution in [0.2, 0.25) is 0 Å². The summed E-state index contributed by atoms with van der Waals surface area (Å²) in [6.45, 7) is 13.6. The molecule has 0 radical (unpaired) electrons. The van der Waals surface area contributed by atoms with Crippen LogP contribution in [0.15, 0.2) is 11.6 Å². The first-order chi connectivity index (χ1) is 13.3. The Hall–Kier alpha value is -0.630. The van der Waals surface area contributed by atoms with E-state index >= 15 is 0 Å². The smallest absolute Gasteiger partial charge is 0.165 e. The number of ketones is 1. The maximum Gasteiger partial charge on any atom is 0.165 e. The molecule has 0 aliphatic carbocycles. The predicted molar refractivity (Wildman–Crippen MR) is 124 cm³/mol. The van der Waals surface area contributed by atoms with Crippen LogP contribution in [0.25, 0.3) is 0 Å². The minimum atomic E-state index is -0.897. The van der Waals surface area contributed by atoms with Crippen molar-refractivity contribution < 1.29 is 9.90 Å². The molecule has 1 N–H and O–H groups in total. The lowest BCUT2D eigenvalue weighted by atomic mass is 9.91. The Morgan fingerprint density at radius 2 is 1.32 bits per heavy atom. The monoisotopic (exact) mass is 394 g/mol. The predicted octanol–water partition coefficient (Wildman–Crippen LogP) is 7.88. The van der Waals surface area contributed by atoms with E-state index in [9.17, 15) is 9.90 Å². The molecule has 0 spiro atoms. The molecule has 28 heavy (non-hydrogen) atoms. The van der Waals surface area contributed by atoms with Gasteiger partial charge in [-0.1, -0.05) is 98.0 Å². The number of rotatable bonds is 18. The lowest BCUT2D eigenvalue weighted by molar-refractivity contribution is -0.125. The normalized spacial score (nSPS) is 15.6. The average molecular weight is 395 g/mol. The van der Waals surface area contributed by atoms with Crippen molar-refractivity contribution >= 4 is 5.78 Å². The number of unbranched alkanes of at least 4 members (excludes halogenated alkanes) is 2. The Bertz CT molecular complexity index is 411. The molecule has 0 bridgehead atoms. The van der Waals surface area contributed by atoms with Crippen molar-refractivity contribution in [2.24, 2.45) is 17.8 Å². The lowest BCUT2D eigenvalue weighted by Crippen LogP contribution is -2.17. The largest absolute Gasteiger partial charge is 0.381 e. The fourth-order valence-corrected chi connectivity index (χ4v) is 3.85. The van der Waals surface area contributed by atoms with Gasteiger partial charge < -0.3 is 5.11 Å². The quantitative estimate of drug-likeness (QED) is 0.189. The summed E-state index contributed by atoms with van der Waals surface area (Å²) in [7, 11) is 0. The molecule has 2 nitrogen and oxygen atoms in total. The van der Waals surface area contributed by atoms with Gasteiger partial charge in [0.25, 0.3) is 0 Å². The van der Waals surface area contributed by atoms with Gasteiger partial charge in [-0.3, -0.25) is 4.79 Å². The summed E-state index contributed by atoms with van der Waals surface area (Å²) in [5.41, 5.74) is 1.15. The number of Topliss-reactive ketones (excluding diaryl/α,β-unsaturated/α-hetero) is 1. The highest BCUT2D eigenvalue weighted by atomic mass is 16.3. The third-order valence-corrected chi connectivity index (χ3v) is 5.94. The first kappa shape index (κ1) is 27.4. The Morgan fingerprint density at radius 3 is 1.86 bits per heavy atom. The molecule has 166 valence electrons. The van der Waals surface area contributed by atoms with E-state index in [0.29, 0.717) is 6.42 Å². The minimum Gasteiger partial charge on any atom is -0.381 e. The van der Waals surface area contributed by atoms with Crippen molar-refractivity contribution in [3.05, 3.63) is 11.6 Å². The zero-order valence-corrected chi connectivity index (χ0v) is 19.9. The van der Waals surface area contributed by atoms with Gasteiger partial charge in [0.1, 0.15) is 6.10 Å². The van der Waals surface area contributed by atoms with E-state index in [-0.39, 0.29) is 5.78 Å². The van der Waals surface area contributed by atoms with Crippen LogP contribution >= 0.6 is 0 Å². The van der Waals surface area contributed by atoms with Crippen molar-refractivity contribution in [1.29, 1.82) is 0 Å². The van der Waals surface area contributed by atoms with Crippen molar-refractivity contribution in [1.82, 2.24) is 0 Å². The number of allylic oxidation sites excluding steroid dienone is 1. The molecule has 0 amide bonds. The zero-order chi connectivity index (χ0) is 21.4. The zero-order valence-electron chi connectivity index (χ0n) is 19.9. The number of hydrogen-bond donors (Lipinski definition) is 1. The molecule has 0 heterocycles. The van der Waals surface area contributed by atoms with Crippen molar-refractivity contribution in [2.75, 3.05) is 0 Å². The minimum absolute atomic E-state index is 0.0244. The van der Waals surface area contributed by atoms with Crippen LogP contribution in [0.3, 0.4) is 0 Å². The van der Waals surface area contributed by atoms with Crippen molar-refractivity contribution in [2.45, 2.75) is 131 Å². The highest BCUT2D eigenvalue weighted by molar-refractivity contribution is 5.84. The SMILES string of the molecule is CCCCCC(=O)C(O)C=C(C)CCCC(C)CCCC(C)CCCC(C)C. The van der Waals surface area contributed by atoms with Gasteiger partial charge in [0.2, 0.25) is 0 Å². The molecule has 0 aliphatic heterocycles. The first-order valence-corrected chi connectivity index (χ1v) is 12.1. The Balaban J connectivity index is 3.85. The molecule has 2 heteroatoms. The van der Waals surface area contributed by atoms with E-state index in [1.165, 1.54) is 44.9 Å². The molecular weight excluding hydrogens is 344 g/mol. The fraction of sp³-hybridized carbons (Fsp3) is 0.885. The van der Waals surface area contributed by atoms with E-state index < -0.39 is 6.10 Å². The molecule has 0 rings (SSSR count). The van der Waals surface area contributed by atoms with E-state index in [4.69, 9.17) is 0 Å². The molecule has 0 fully saturated rings. The fourth-order valence-electron chi connectivity index (χ4n) is 3.85. The average Bonchev–Trinajstić information content (AvgIpc) is 2.61. The summed E-state index contributed by atoms with van der Waals surface area (Å²) < 4.78 is 0. The summed E-state index contributed by atoms with van der Waals surface area (Å²) in [4.78, 5) is 11.9. The topological polar surface area (TPSA) is 37.3 Å². The van der Waals surface area contributed by atoms with Gasteiger partial charge in [-0.25, -0.2) is 0 Å². The van der Waals surface area contributed by atoms with Crippen LogP contribution in [0.1, 0.15) is 125 Å². The number of aliphatic hydroxyl groups is 1. The maximum atomic E-state index is 11.9. The van der Waals surface area contributed by atoms with Gasteiger partial charge in [0.05, 0.1) is 0 Å². The molecule has 0 aromatic carbocycles. The molecule has 0 aliphatic rings. The summed E-state index contributed by atoms with van der Waals surface area (Å²) in [6.07, 6.45) is 16.0. The van der Waals surface area contributed by atoms with Crippen LogP contribution in [0, 0.1) is 17.8 Å². The molecular formula is C26H50O2. The van der Waals surface area contributed by atoms with Crippen LogP contribution in [-0.4, -0.2) is 17.0 Å². The highest BCUT2D eigenvalue weighted by Gasteiger charge is 2.12. The number of carbonyl (C=O) groups excluding carboxylic acids is 1. The Morgan fingerprint density at radius 1 is 0.786 bits per heavy atom. The Labute approximate surface area is 176 Å². The van der Waals surface area contributed by atoms with E-state index in [2.05, 4.69) is 34.6 Å². The highest BCUT2D eigenvalue weighted by Crippen LogP contribution is 2.22. The third kappa shape index (κ3) is 16.3. The van der Waals surface area contributed by atoms with E-state index in [1.807, 2.05) is 6.92 Å². The first-order valence-electron chi connectivity index (χ1n) is 12.1. The molecule has 0 saturated heterocycles. The molecule has 0 aromatic heterocycles. The van der Waals surface area contributed by atoms with Gasteiger partial charge in [-0.15, -0.1) is 0 Å². The second-order valence-corrected chi connectivity index (χ2v) is 9.74. The standard InChI is InChI=1S/C26H50O2/c1-7-8-9-19-25(27)26(28)20-24(6)18-12-17-23(5)16-11-15-22(4)14-10-13-21(2)3/h20-23,26,28H,7-19H2,1-6H3. The van der Waals surface area contributed by atoms with Gasteiger partial charge >= 0.3 is 0 Å². The number of hydrogen-bond acceptors (Lipinski definition) is 2. The molecule has 3 unspecified atom stereocenters. The van der Waals surface area contributed by atoms with Gasteiger partial charge in [0.15, 0.2) is 5.78 Å².